The highest BCUT2D eigenvalue weighted by molar-refractivity contribution is 6.90. The van der Waals surface area contributed by atoms with Gasteiger partial charge in [-0.2, -0.15) is 0 Å². The summed E-state index contributed by atoms with van der Waals surface area (Å²) in [5.74, 6) is 0. The van der Waals surface area contributed by atoms with E-state index in [0.29, 0.717) is 0 Å². The summed E-state index contributed by atoms with van der Waals surface area (Å²) in [6, 6.07) is 89.8. The molecule has 16 rings (SSSR count). The molecule has 12 aromatic carbocycles. The summed E-state index contributed by atoms with van der Waals surface area (Å²) in [4.78, 5) is 4.83. The van der Waals surface area contributed by atoms with E-state index in [-0.39, 0.29) is 0 Å². The summed E-state index contributed by atoms with van der Waals surface area (Å²) >= 11 is 0. The average molecular weight is 1020 g/mol. The number of furan rings is 2. The number of aryl methyl sites for hydroxylation is 1. The Kier molecular flexibility index (Phi) is 9.51. The Balaban J connectivity index is 0.973. The summed E-state index contributed by atoms with van der Waals surface area (Å²) in [6.07, 6.45) is 0. The molecule has 0 N–H and O–H groups in total. The number of nitrogens with zero attached hydrogens (tertiary/aromatic N) is 2. The van der Waals surface area contributed by atoms with Gasteiger partial charge in [-0.15, -0.1) is 0 Å². The third-order valence-electron chi connectivity index (χ3n) is 17.0. The summed E-state index contributed by atoms with van der Waals surface area (Å²) < 4.78 is 14.1. The molecule has 2 aliphatic rings. The predicted molar refractivity (Wildman–Crippen MR) is 329 cm³/mol. The lowest BCUT2D eigenvalue weighted by molar-refractivity contribution is 0.666. The second-order valence-corrected chi connectivity index (χ2v) is 27.4. The van der Waals surface area contributed by atoms with Crippen LogP contribution in [0.15, 0.2) is 251 Å². The van der Waals surface area contributed by atoms with E-state index < -0.39 is 13.5 Å². The minimum Gasteiger partial charge on any atom is -0.454 e. The maximum atomic E-state index is 7.12. The van der Waals surface area contributed by atoms with Gasteiger partial charge in [-0.05, 0) is 145 Å². The van der Waals surface area contributed by atoms with Crippen LogP contribution >= 0.6 is 0 Å². The van der Waals surface area contributed by atoms with E-state index >= 15 is 0 Å². The second-order valence-electron chi connectivity index (χ2n) is 22.4. The van der Waals surface area contributed by atoms with Crippen molar-refractivity contribution in [3.63, 3.8) is 0 Å². The molecule has 0 atom stereocenters. The molecule has 0 radical (unpaired) electrons. The molecule has 4 nitrogen and oxygen atoms in total. The molecule has 370 valence electrons. The van der Waals surface area contributed by atoms with Crippen LogP contribution in [0.4, 0.5) is 34.1 Å². The van der Waals surface area contributed by atoms with Crippen molar-refractivity contribution in [1.29, 1.82) is 0 Å². The first-order valence-electron chi connectivity index (χ1n) is 27.2. The van der Waals surface area contributed by atoms with E-state index in [1.54, 1.807) is 0 Å². The molecule has 78 heavy (non-hydrogen) atoms. The van der Waals surface area contributed by atoms with Gasteiger partial charge in [0.15, 0.2) is 11.2 Å². The van der Waals surface area contributed by atoms with Crippen LogP contribution in [0.25, 0.3) is 87.7 Å². The summed E-state index contributed by atoms with van der Waals surface area (Å²) in [5.41, 5.74) is 20.6. The summed E-state index contributed by atoms with van der Waals surface area (Å²) in [7, 11) is -1.74. The van der Waals surface area contributed by atoms with Gasteiger partial charge in [0.05, 0.1) is 30.6 Å². The average Bonchev–Trinajstić information content (AvgIpc) is 4.13. The zero-order chi connectivity index (χ0) is 52.0. The highest BCUT2D eigenvalue weighted by Gasteiger charge is 2.52. The van der Waals surface area contributed by atoms with E-state index in [4.69, 9.17) is 8.83 Å². The van der Waals surface area contributed by atoms with Crippen LogP contribution in [0, 0.1) is 6.92 Å². The maximum absolute atomic E-state index is 7.12. The van der Waals surface area contributed by atoms with Crippen LogP contribution in [-0.2, 0) is 5.41 Å². The van der Waals surface area contributed by atoms with Crippen LogP contribution in [0.1, 0.15) is 27.8 Å². The topological polar surface area (TPSA) is 32.8 Å². The molecule has 0 saturated carbocycles. The first kappa shape index (κ1) is 44.8. The van der Waals surface area contributed by atoms with Crippen LogP contribution in [0.2, 0.25) is 19.6 Å². The zero-order valence-corrected chi connectivity index (χ0v) is 44.8. The van der Waals surface area contributed by atoms with Crippen molar-refractivity contribution in [2.45, 2.75) is 32.0 Å². The quantitative estimate of drug-likeness (QED) is 0.149. The molecule has 0 aliphatic heterocycles. The predicted octanol–water partition coefficient (Wildman–Crippen LogP) is 19.9. The van der Waals surface area contributed by atoms with Gasteiger partial charge in [0.25, 0.3) is 0 Å². The van der Waals surface area contributed by atoms with Crippen LogP contribution < -0.4 is 15.0 Å². The molecule has 2 aromatic heterocycles. The fourth-order valence-corrected chi connectivity index (χ4v) is 15.2. The molecule has 0 unspecified atom stereocenters. The highest BCUT2D eigenvalue weighted by Crippen LogP contribution is 2.65. The Morgan fingerprint density at radius 3 is 1.53 bits per heavy atom. The Morgan fingerprint density at radius 2 is 0.859 bits per heavy atom. The van der Waals surface area contributed by atoms with E-state index in [0.717, 1.165) is 83.6 Å². The largest absolute Gasteiger partial charge is 0.454 e. The first-order chi connectivity index (χ1) is 38.3. The maximum Gasteiger partial charge on any atom is 0.159 e. The number of anilines is 6. The van der Waals surface area contributed by atoms with E-state index in [9.17, 15) is 0 Å². The van der Waals surface area contributed by atoms with Crippen LogP contribution in [-0.4, -0.2) is 8.07 Å². The van der Waals surface area contributed by atoms with Crippen molar-refractivity contribution >= 4 is 113 Å². The molecule has 2 heterocycles. The summed E-state index contributed by atoms with van der Waals surface area (Å²) in [5, 5.41) is 10.6. The molecule has 14 aromatic rings. The third kappa shape index (κ3) is 6.22. The smallest absolute Gasteiger partial charge is 0.159 e. The van der Waals surface area contributed by atoms with Gasteiger partial charge < -0.3 is 18.6 Å². The van der Waals surface area contributed by atoms with E-state index in [1.807, 2.05) is 0 Å². The minimum atomic E-state index is -1.74. The fraction of sp³-hybridized carbons (Fsp3) is 0.0685. The molecule has 0 fully saturated rings. The number of hydrogen-bond donors (Lipinski definition) is 0. The second kappa shape index (κ2) is 16.5. The lowest BCUT2D eigenvalue weighted by Crippen LogP contribution is -2.37. The molecule has 0 saturated heterocycles. The molecular formula is C73H52N2O2Si. The van der Waals surface area contributed by atoms with Crippen molar-refractivity contribution in [1.82, 2.24) is 0 Å². The molecule has 0 amide bonds. The van der Waals surface area contributed by atoms with Gasteiger partial charge in [0, 0.05) is 44.0 Å². The zero-order valence-electron chi connectivity index (χ0n) is 43.8. The molecule has 0 bridgehead atoms. The summed E-state index contributed by atoms with van der Waals surface area (Å²) in [6.45, 7) is 9.33. The molecular weight excluding hydrogens is 965 g/mol. The number of para-hydroxylation sites is 6. The van der Waals surface area contributed by atoms with Gasteiger partial charge >= 0.3 is 0 Å². The number of hydrogen-bond acceptors (Lipinski definition) is 4. The molecule has 1 spiro atoms. The van der Waals surface area contributed by atoms with Crippen molar-refractivity contribution in [3.05, 3.63) is 270 Å². The number of fused-ring (bicyclic) bond motifs is 19. The number of benzene rings is 12. The van der Waals surface area contributed by atoms with Crippen molar-refractivity contribution in [3.8, 4) is 22.3 Å². The van der Waals surface area contributed by atoms with E-state index in [1.165, 1.54) is 71.2 Å². The Hall–Kier alpha value is -9.42. The lowest BCUT2D eigenvalue weighted by Gasteiger charge is -2.33. The minimum absolute atomic E-state index is 0.654. The normalized spacial score (nSPS) is 13.2. The Labute approximate surface area is 453 Å². The SMILES string of the molecule is Cc1cccc2c1oc1c(N(c3ccccc3)c3cc4c(c5ccccc35)-c3cc5ccc(N(c6ccccc6)c6cccc7c6oc6c([Si](C)(C)C)cccc67)cc5cc3C43c4ccccc4-c4ccccc43)cccc12. The van der Waals surface area contributed by atoms with Crippen molar-refractivity contribution < 1.29 is 8.83 Å². The monoisotopic (exact) mass is 1020 g/mol. The Morgan fingerprint density at radius 1 is 0.333 bits per heavy atom. The third-order valence-corrected chi connectivity index (χ3v) is 19.0. The first-order valence-corrected chi connectivity index (χ1v) is 30.7. The molecule has 2 aliphatic carbocycles. The lowest BCUT2D eigenvalue weighted by atomic mass is 9.70. The molecule has 5 heteroatoms. The fourth-order valence-electron chi connectivity index (χ4n) is 13.7. The van der Waals surface area contributed by atoms with Gasteiger partial charge in [-0.3, -0.25) is 0 Å². The van der Waals surface area contributed by atoms with Crippen LogP contribution in [0.5, 0.6) is 0 Å². The van der Waals surface area contributed by atoms with E-state index in [2.05, 4.69) is 279 Å². The van der Waals surface area contributed by atoms with Crippen molar-refractivity contribution in [2.24, 2.45) is 0 Å². The van der Waals surface area contributed by atoms with Gasteiger partial charge in [-0.1, -0.05) is 196 Å². The number of rotatable bonds is 7. The van der Waals surface area contributed by atoms with Crippen LogP contribution in [0.3, 0.4) is 0 Å². The standard InChI is InChI=1S/C73H52N2O2Si/c1-45-21-17-30-55-56-31-19-37-65(71(56)76-69(45)55)75(49-24-9-6-10-25-49)66-44-63-68(54-29-12-11-28-53(54)66)59-42-46-39-40-50(41-47(46)43-62(59)73(63)60-34-15-13-26-51(60)52-27-14-16-35-61(52)73)74(48-22-7-5-8-23-48)64-36-18-32-57-58-33-20-38-67(78(2,3)4)72(58)77-70(57)64/h5-44H,1-4H3. The van der Waals surface area contributed by atoms with Gasteiger partial charge in [0.2, 0.25) is 0 Å². The highest BCUT2D eigenvalue weighted by atomic mass is 28.3. The van der Waals surface area contributed by atoms with Gasteiger partial charge in [-0.25, -0.2) is 0 Å². The Bertz CT molecular complexity index is 4770. The van der Waals surface area contributed by atoms with Crippen molar-refractivity contribution in [2.75, 3.05) is 9.80 Å². The van der Waals surface area contributed by atoms with Gasteiger partial charge in [0.1, 0.15) is 11.2 Å².